The maximum atomic E-state index is 14.0. The lowest BCUT2D eigenvalue weighted by Gasteiger charge is -2.59. The van der Waals surface area contributed by atoms with Crippen LogP contribution in [0.15, 0.2) is 96.6 Å². The molecule has 3 saturated carbocycles. The number of hydrogen-bond donors (Lipinski definition) is 6. The van der Waals surface area contributed by atoms with Crippen molar-refractivity contribution in [1.29, 1.82) is 0 Å². The zero-order valence-corrected chi connectivity index (χ0v) is 50.1. The standard InChI is InChI=1S/C66H85N5O15/c1-41(2)60(70-57(77)25-28-81-30-32-83-34-35-84-33-31-82-29-27-67-56(76)22-23-58(78)71-39-46-12-7-6-10-43(46)14-15-44-11-8-9-13-52(44)71)62(80)68-42(3)61(79)69-48-19-16-45(17-20-48)63-85-55-37-51-50-21-18-47-36-49(73)24-26-64(47,4)59(50)53(74)38-65(51,5)66(55,86-63)54(75)40-72/h6-13,16-17,19-20,24,26,36,41-42,50-51,53,55,59-60,63,72,74H,14-15,18,21-23,25,27-35,37-40H2,1-5H3,(H,67,76)(H,68,80)(H,69,79)(H,70,77)/t42-,50+,51+,53+,55-,59-,60-,63-,64+,65+,66-/m0/s1. The second-order valence-corrected chi connectivity index (χ2v) is 24.4. The Morgan fingerprint density at radius 2 is 1.40 bits per heavy atom. The molecule has 11 atom stereocenters. The summed E-state index contributed by atoms with van der Waals surface area (Å²) >= 11 is 0. The number of ether oxygens (including phenoxy) is 6. The fraction of sp³-hybridized carbons (Fsp3) is 0.561. The van der Waals surface area contributed by atoms with Gasteiger partial charge in [-0.05, 0) is 110 Å². The molecule has 6 N–H and O–H groups in total. The van der Waals surface area contributed by atoms with E-state index in [0.29, 0.717) is 70.2 Å². The van der Waals surface area contributed by atoms with Crippen LogP contribution in [0.1, 0.15) is 108 Å². The van der Waals surface area contributed by atoms with Gasteiger partial charge in [0.1, 0.15) is 18.7 Å². The number of fused-ring (bicyclic) bond motifs is 9. The predicted octanol–water partition coefficient (Wildman–Crippen LogP) is 5.56. The lowest BCUT2D eigenvalue weighted by atomic mass is 9.46. The summed E-state index contributed by atoms with van der Waals surface area (Å²) < 4.78 is 35.6. The van der Waals surface area contributed by atoms with Crippen LogP contribution >= 0.6 is 0 Å². The van der Waals surface area contributed by atoms with E-state index in [9.17, 15) is 43.8 Å². The molecule has 2 aliphatic heterocycles. The lowest BCUT2D eigenvalue weighted by molar-refractivity contribution is -0.201. The Kier molecular flexibility index (Phi) is 21.3. The van der Waals surface area contributed by atoms with E-state index in [4.69, 9.17) is 28.4 Å². The SMILES string of the molecule is CC(C)[C@H](NC(=O)CCOCCOCCOCCOCCNC(=O)CCC(=O)N1Cc2ccccc2CCc2ccccc21)C(=O)N[C@@H](C)C(=O)Nc1ccc([C@H]2O[C@H]3C[C@@H]4[C@H]5CCC6=CC(=O)C=C[C@@]6(C)[C@@H]5[C@H](O)C[C@@]4(C)[C@@]3(C(=O)CO)O2)cc1. The van der Waals surface area contributed by atoms with Crippen molar-refractivity contribution in [2.75, 3.05) is 76.2 Å². The van der Waals surface area contributed by atoms with Crippen molar-refractivity contribution in [2.45, 2.75) is 135 Å². The van der Waals surface area contributed by atoms with E-state index in [1.54, 1.807) is 62.1 Å². The smallest absolute Gasteiger partial charge is 0.246 e. The average Bonchev–Trinajstić information content (AvgIpc) is 1.48. The number of benzene rings is 3. The maximum absolute atomic E-state index is 14.0. The van der Waals surface area contributed by atoms with Crippen LogP contribution in [0.4, 0.5) is 11.4 Å². The number of aryl methyl sites for hydroxylation is 2. The number of carbonyl (C=O) groups is 7. The molecule has 4 fully saturated rings. The van der Waals surface area contributed by atoms with Crippen LogP contribution in [0.5, 0.6) is 0 Å². The van der Waals surface area contributed by atoms with Gasteiger partial charge in [0.05, 0.1) is 71.6 Å². The number of para-hydroxylation sites is 1. The minimum atomic E-state index is -1.51. The van der Waals surface area contributed by atoms with E-state index in [1.165, 1.54) is 5.56 Å². The molecule has 0 bridgehead atoms. The van der Waals surface area contributed by atoms with Gasteiger partial charge in [-0.2, -0.15) is 0 Å². The number of amides is 5. The summed E-state index contributed by atoms with van der Waals surface area (Å²) in [4.78, 5) is 93.8. The molecule has 2 heterocycles. The van der Waals surface area contributed by atoms with E-state index in [-0.39, 0.29) is 86.8 Å². The third-order valence-electron chi connectivity index (χ3n) is 18.7. The highest BCUT2D eigenvalue weighted by atomic mass is 16.7. The zero-order valence-electron chi connectivity index (χ0n) is 50.1. The van der Waals surface area contributed by atoms with Gasteiger partial charge in [-0.3, -0.25) is 33.6 Å². The molecule has 3 aromatic carbocycles. The number of Topliss-reactive ketones (excluding diaryl/α,β-unsaturated/α-hetero) is 1. The van der Waals surface area contributed by atoms with Crippen LogP contribution in [0.25, 0.3) is 0 Å². The van der Waals surface area contributed by atoms with Gasteiger partial charge in [0, 0.05) is 59.5 Å². The molecule has 1 saturated heterocycles. The van der Waals surface area contributed by atoms with Crippen molar-refractivity contribution in [3.05, 3.63) is 119 Å². The highest BCUT2D eigenvalue weighted by Gasteiger charge is 2.76. The van der Waals surface area contributed by atoms with Crippen molar-refractivity contribution >= 4 is 52.5 Å². The summed E-state index contributed by atoms with van der Waals surface area (Å²) in [6.07, 6.45) is 6.93. The molecule has 20 heteroatoms. The second-order valence-electron chi connectivity index (χ2n) is 24.4. The third-order valence-corrected chi connectivity index (χ3v) is 18.7. The Balaban J connectivity index is 0.611. The molecule has 6 aliphatic rings. The molecule has 464 valence electrons. The first-order chi connectivity index (χ1) is 41.4. The molecule has 0 spiro atoms. The van der Waals surface area contributed by atoms with Gasteiger partial charge >= 0.3 is 0 Å². The number of ketones is 2. The Labute approximate surface area is 503 Å². The molecular formula is C66H85N5O15. The van der Waals surface area contributed by atoms with Gasteiger partial charge in [0.15, 0.2) is 23.5 Å². The van der Waals surface area contributed by atoms with Crippen molar-refractivity contribution < 1.29 is 72.2 Å². The predicted molar refractivity (Wildman–Crippen MR) is 318 cm³/mol. The second kappa shape index (κ2) is 28.6. The monoisotopic (exact) mass is 1190 g/mol. The van der Waals surface area contributed by atoms with E-state index >= 15 is 0 Å². The summed E-state index contributed by atoms with van der Waals surface area (Å²) in [7, 11) is 0. The number of carbonyl (C=O) groups excluding carboxylic acids is 7. The Hall–Kier alpha value is -6.49. The largest absolute Gasteiger partial charge is 0.393 e. The molecule has 0 unspecified atom stereocenters. The minimum absolute atomic E-state index is 0.000255. The normalized spacial score (nSPS) is 26.9. The molecule has 5 amide bonds. The molecule has 0 aromatic heterocycles. The molecule has 0 radical (unpaired) electrons. The summed E-state index contributed by atoms with van der Waals surface area (Å²) in [5, 5.41) is 33.5. The lowest BCUT2D eigenvalue weighted by Crippen LogP contribution is -2.63. The number of rotatable bonds is 27. The highest BCUT2D eigenvalue weighted by molar-refractivity contribution is 6.01. The van der Waals surface area contributed by atoms with Crippen LogP contribution in [0.2, 0.25) is 0 Å². The molecular weight excluding hydrogens is 1100 g/mol. The van der Waals surface area contributed by atoms with Crippen LogP contribution in [-0.4, -0.2) is 147 Å². The van der Waals surface area contributed by atoms with E-state index in [1.807, 2.05) is 43.3 Å². The van der Waals surface area contributed by atoms with Gasteiger partial charge in [-0.25, -0.2) is 0 Å². The maximum Gasteiger partial charge on any atom is 0.246 e. The van der Waals surface area contributed by atoms with Crippen LogP contribution < -0.4 is 26.2 Å². The first kappa shape index (κ1) is 64.0. The van der Waals surface area contributed by atoms with Gasteiger partial charge in [0.2, 0.25) is 29.5 Å². The Morgan fingerprint density at radius 3 is 2.09 bits per heavy atom. The molecule has 20 nitrogen and oxygen atoms in total. The van der Waals surface area contributed by atoms with Crippen molar-refractivity contribution in [1.82, 2.24) is 16.0 Å². The molecule has 3 aromatic rings. The number of nitrogens with one attached hydrogen (secondary N) is 4. The van der Waals surface area contributed by atoms with Crippen LogP contribution in [0.3, 0.4) is 0 Å². The van der Waals surface area contributed by atoms with Gasteiger partial charge in [0.25, 0.3) is 0 Å². The summed E-state index contributed by atoms with van der Waals surface area (Å²) in [5.74, 6) is -2.74. The number of allylic oxidation sites excluding steroid dienone is 4. The number of aliphatic hydroxyl groups is 2. The molecule has 4 aliphatic carbocycles. The average molecular weight is 1190 g/mol. The fourth-order valence-corrected chi connectivity index (χ4v) is 14.3. The summed E-state index contributed by atoms with van der Waals surface area (Å²) in [6.45, 7) is 11.5. The van der Waals surface area contributed by atoms with Crippen LogP contribution in [-0.2, 0) is 81.4 Å². The molecule has 9 rings (SSSR count). The fourth-order valence-electron chi connectivity index (χ4n) is 14.3. The number of nitrogens with zero attached hydrogens (tertiary/aromatic N) is 1. The van der Waals surface area contributed by atoms with E-state index < -0.39 is 77.1 Å². The van der Waals surface area contributed by atoms with Crippen LogP contribution in [0, 0.1) is 34.5 Å². The minimum Gasteiger partial charge on any atom is -0.393 e. The van der Waals surface area contributed by atoms with Crippen molar-refractivity contribution in [3.63, 3.8) is 0 Å². The quantitative estimate of drug-likeness (QED) is 0.0511. The zero-order chi connectivity index (χ0) is 61.2. The van der Waals surface area contributed by atoms with Crippen molar-refractivity contribution in [2.24, 2.45) is 34.5 Å². The highest BCUT2D eigenvalue weighted by Crippen LogP contribution is 2.70. The summed E-state index contributed by atoms with van der Waals surface area (Å²) in [6, 6.07) is 21.0. The van der Waals surface area contributed by atoms with Crippen molar-refractivity contribution in [3.8, 4) is 0 Å². The number of aliphatic hydroxyl groups excluding tert-OH is 2. The van der Waals surface area contributed by atoms with Gasteiger partial charge in [-0.1, -0.05) is 93.9 Å². The summed E-state index contributed by atoms with van der Waals surface area (Å²) in [5.41, 5.74) is 3.56. The number of anilines is 2. The third kappa shape index (κ3) is 14.1. The first-order valence-corrected chi connectivity index (χ1v) is 30.5. The Morgan fingerprint density at radius 1 is 0.744 bits per heavy atom. The number of hydrogen-bond acceptors (Lipinski definition) is 15. The van der Waals surface area contributed by atoms with E-state index in [0.717, 1.165) is 41.6 Å². The van der Waals surface area contributed by atoms with E-state index in [2.05, 4.69) is 46.4 Å². The Bertz CT molecular complexity index is 3000. The topological polar surface area (TPSA) is 267 Å². The molecule has 86 heavy (non-hydrogen) atoms. The first-order valence-electron chi connectivity index (χ1n) is 30.5. The van der Waals surface area contributed by atoms with Gasteiger partial charge < -0.3 is 64.8 Å². The van der Waals surface area contributed by atoms with Gasteiger partial charge in [-0.15, -0.1) is 0 Å².